The van der Waals surface area contributed by atoms with E-state index >= 15 is 0 Å². The quantitative estimate of drug-likeness (QED) is 0.865. The van der Waals surface area contributed by atoms with Crippen molar-refractivity contribution in [3.8, 4) is 11.3 Å². The van der Waals surface area contributed by atoms with Gasteiger partial charge >= 0.3 is 0 Å². The van der Waals surface area contributed by atoms with E-state index in [2.05, 4.69) is 10.2 Å². The second kappa shape index (κ2) is 4.49. The average molecular weight is 312 g/mol. The molecule has 4 nitrogen and oxygen atoms in total. The van der Waals surface area contributed by atoms with Gasteiger partial charge in [-0.15, -0.1) is 0 Å². The van der Waals surface area contributed by atoms with Crippen LogP contribution < -0.4 is 0 Å². The van der Waals surface area contributed by atoms with Crippen molar-refractivity contribution in [3.63, 3.8) is 0 Å². The fourth-order valence-electron chi connectivity index (χ4n) is 1.32. The summed E-state index contributed by atoms with van der Waals surface area (Å²) in [6.45, 7) is 0. The molecule has 0 fully saturated rings. The Bertz CT molecular complexity index is 667. The highest BCUT2D eigenvalue weighted by Crippen LogP contribution is 2.31. The zero-order valence-electron chi connectivity index (χ0n) is 8.12. The molecule has 2 rings (SSSR count). The molecule has 2 aromatic rings. The van der Waals surface area contributed by atoms with Gasteiger partial charge < -0.3 is 0 Å². The number of halogens is 3. The van der Waals surface area contributed by atoms with Crippen LogP contribution in [0.25, 0.3) is 11.3 Å². The Hall–Kier alpha value is -0.750. The zero-order valence-corrected chi connectivity index (χ0v) is 11.2. The molecule has 0 aliphatic heterocycles. The van der Waals surface area contributed by atoms with Crippen molar-refractivity contribution >= 4 is 42.9 Å². The molecule has 1 aromatic heterocycles. The molecule has 0 aliphatic carbocycles. The van der Waals surface area contributed by atoms with Gasteiger partial charge in [-0.2, -0.15) is 5.10 Å². The number of H-pyrrole nitrogens is 1. The monoisotopic (exact) mass is 310 g/mol. The number of aromatic nitrogens is 2. The first-order valence-electron chi connectivity index (χ1n) is 4.33. The van der Waals surface area contributed by atoms with E-state index in [0.717, 1.165) is 6.20 Å². The molecule has 0 spiro atoms. The number of hydrogen-bond donors (Lipinski definition) is 1. The molecule has 0 saturated heterocycles. The number of hydrogen-bond acceptors (Lipinski definition) is 3. The highest BCUT2D eigenvalue weighted by molar-refractivity contribution is 8.13. The minimum absolute atomic E-state index is 0.0995. The van der Waals surface area contributed by atoms with Crippen LogP contribution in [-0.4, -0.2) is 18.6 Å². The number of benzene rings is 1. The van der Waals surface area contributed by atoms with Crippen LogP contribution in [0.1, 0.15) is 0 Å². The second-order valence-corrected chi connectivity index (χ2v) is 6.52. The fraction of sp³-hybridized carbons (Fsp3) is 0. The second-order valence-electron chi connectivity index (χ2n) is 3.18. The van der Waals surface area contributed by atoms with Crippen LogP contribution >= 0.6 is 33.9 Å². The van der Waals surface area contributed by atoms with Gasteiger partial charge in [-0.1, -0.05) is 29.3 Å². The Morgan fingerprint density at radius 1 is 1.18 bits per heavy atom. The molecule has 90 valence electrons. The standard InChI is InChI=1S/C9H5Cl3N2O2S/c10-6-2-1-5(3-7(6)11)9-8(4-13-14-9)17(12,15)16/h1-4H,(H,13,14). The molecule has 0 amide bonds. The number of nitrogens with zero attached hydrogens (tertiary/aromatic N) is 1. The van der Waals surface area contributed by atoms with Crippen LogP contribution in [0.2, 0.25) is 10.0 Å². The first-order chi connectivity index (χ1) is 7.89. The average Bonchev–Trinajstić information content (AvgIpc) is 2.70. The molecule has 0 aliphatic rings. The van der Waals surface area contributed by atoms with Gasteiger partial charge in [-0.25, -0.2) is 8.42 Å². The highest BCUT2D eigenvalue weighted by atomic mass is 35.7. The van der Waals surface area contributed by atoms with Crippen LogP contribution in [0.3, 0.4) is 0 Å². The van der Waals surface area contributed by atoms with Crippen molar-refractivity contribution in [3.05, 3.63) is 34.4 Å². The smallest absolute Gasteiger partial charge is 0.265 e. The molecular formula is C9H5Cl3N2O2S. The Kier molecular flexibility index (Phi) is 3.36. The van der Waals surface area contributed by atoms with E-state index in [1.807, 2.05) is 0 Å². The molecule has 0 bridgehead atoms. The summed E-state index contributed by atoms with van der Waals surface area (Å²) >= 11 is 11.6. The number of rotatable bonds is 2. The minimum Gasteiger partial charge on any atom is -0.276 e. The Labute approximate surface area is 112 Å². The first kappa shape index (κ1) is 12.7. The predicted molar refractivity (Wildman–Crippen MR) is 67.1 cm³/mol. The van der Waals surface area contributed by atoms with Gasteiger partial charge in [-0.3, -0.25) is 5.10 Å². The molecular weight excluding hydrogens is 307 g/mol. The molecule has 8 heteroatoms. The fourth-order valence-corrected chi connectivity index (χ4v) is 2.55. The summed E-state index contributed by atoms with van der Waals surface area (Å²) in [5.74, 6) is 0. The first-order valence-corrected chi connectivity index (χ1v) is 7.39. The lowest BCUT2D eigenvalue weighted by molar-refractivity contribution is 0.610. The minimum atomic E-state index is -3.86. The summed E-state index contributed by atoms with van der Waals surface area (Å²) in [7, 11) is 1.42. The van der Waals surface area contributed by atoms with Gasteiger partial charge in [0.05, 0.1) is 21.9 Å². The van der Waals surface area contributed by atoms with E-state index in [0.29, 0.717) is 15.6 Å². The van der Waals surface area contributed by atoms with Crippen molar-refractivity contribution < 1.29 is 8.42 Å². The van der Waals surface area contributed by atoms with Crippen molar-refractivity contribution in [1.29, 1.82) is 0 Å². The molecule has 0 radical (unpaired) electrons. The maximum Gasteiger partial charge on any atom is 0.265 e. The number of aromatic amines is 1. The van der Waals surface area contributed by atoms with Gasteiger partial charge in [0.2, 0.25) is 0 Å². The molecule has 0 unspecified atom stereocenters. The lowest BCUT2D eigenvalue weighted by Crippen LogP contribution is -1.91. The van der Waals surface area contributed by atoms with Gasteiger partial charge in [0.15, 0.2) is 0 Å². The van der Waals surface area contributed by atoms with Crippen LogP contribution in [0.4, 0.5) is 0 Å². The van der Waals surface area contributed by atoms with E-state index < -0.39 is 9.05 Å². The molecule has 0 saturated carbocycles. The third kappa shape index (κ3) is 2.57. The summed E-state index contributed by atoms with van der Waals surface area (Å²) in [5, 5.41) is 6.91. The summed E-state index contributed by atoms with van der Waals surface area (Å²) in [6, 6.07) is 4.71. The largest absolute Gasteiger partial charge is 0.276 e. The predicted octanol–water partition coefficient (Wildman–Crippen LogP) is 3.31. The lowest BCUT2D eigenvalue weighted by atomic mass is 10.1. The number of nitrogens with one attached hydrogen (secondary N) is 1. The van der Waals surface area contributed by atoms with Crippen molar-refractivity contribution in [2.24, 2.45) is 0 Å². The zero-order chi connectivity index (χ0) is 12.6. The van der Waals surface area contributed by atoms with Crippen molar-refractivity contribution in [1.82, 2.24) is 10.2 Å². The van der Waals surface area contributed by atoms with Crippen LogP contribution in [0, 0.1) is 0 Å². The van der Waals surface area contributed by atoms with Gasteiger partial charge in [0.1, 0.15) is 4.90 Å². The Morgan fingerprint density at radius 2 is 1.88 bits per heavy atom. The molecule has 0 atom stereocenters. The van der Waals surface area contributed by atoms with E-state index in [1.54, 1.807) is 12.1 Å². The van der Waals surface area contributed by atoms with Crippen LogP contribution in [0.15, 0.2) is 29.3 Å². The SMILES string of the molecule is O=S(=O)(Cl)c1cn[nH]c1-c1ccc(Cl)c(Cl)c1. The summed E-state index contributed by atoms with van der Waals surface area (Å²) < 4.78 is 22.6. The molecule has 1 heterocycles. The van der Waals surface area contributed by atoms with Crippen molar-refractivity contribution in [2.45, 2.75) is 4.90 Å². The summed E-state index contributed by atoms with van der Waals surface area (Å²) in [5.41, 5.74) is 0.815. The molecule has 1 aromatic carbocycles. The van der Waals surface area contributed by atoms with Crippen LogP contribution in [-0.2, 0) is 9.05 Å². The third-order valence-corrected chi connectivity index (χ3v) is 4.15. The maximum atomic E-state index is 11.3. The van der Waals surface area contributed by atoms with Gasteiger partial charge in [0, 0.05) is 16.2 Å². The topological polar surface area (TPSA) is 62.8 Å². The third-order valence-electron chi connectivity index (χ3n) is 2.08. The molecule has 17 heavy (non-hydrogen) atoms. The van der Waals surface area contributed by atoms with Crippen molar-refractivity contribution in [2.75, 3.05) is 0 Å². The summed E-state index contributed by atoms with van der Waals surface area (Å²) in [4.78, 5) is -0.0995. The van der Waals surface area contributed by atoms with E-state index in [4.69, 9.17) is 33.9 Å². The van der Waals surface area contributed by atoms with E-state index in [9.17, 15) is 8.42 Å². The highest BCUT2D eigenvalue weighted by Gasteiger charge is 2.19. The Morgan fingerprint density at radius 3 is 2.47 bits per heavy atom. The van der Waals surface area contributed by atoms with E-state index in [1.165, 1.54) is 6.07 Å². The van der Waals surface area contributed by atoms with E-state index in [-0.39, 0.29) is 10.6 Å². The van der Waals surface area contributed by atoms with Gasteiger partial charge in [-0.05, 0) is 12.1 Å². The lowest BCUT2D eigenvalue weighted by Gasteiger charge is -2.02. The molecule has 1 N–H and O–H groups in total. The van der Waals surface area contributed by atoms with Crippen LogP contribution in [0.5, 0.6) is 0 Å². The Balaban J connectivity index is 2.62. The van der Waals surface area contributed by atoms with Gasteiger partial charge in [0.25, 0.3) is 9.05 Å². The maximum absolute atomic E-state index is 11.3. The summed E-state index contributed by atoms with van der Waals surface area (Å²) in [6.07, 6.45) is 1.14. The normalized spacial score (nSPS) is 11.7.